The van der Waals surface area contributed by atoms with Crippen molar-refractivity contribution in [3.8, 4) is 16.9 Å². The Morgan fingerprint density at radius 1 is 1.00 bits per heavy atom. The van der Waals surface area contributed by atoms with Crippen LogP contribution in [0.25, 0.3) is 22.0 Å². The molecule has 1 aliphatic rings. The van der Waals surface area contributed by atoms with E-state index in [-0.39, 0.29) is 45.6 Å². The van der Waals surface area contributed by atoms with E-state index in [0.717, 1.165) is 26.6 Å². The third-order valence-corrected chi connectivity index (χ3v) is 10.0. The number of nitrogens with one attached hydrogen (secondary N) is 1. The molecule has 1 aliphatic carbocycles. The van der Waals surface area contributed by atoms with Crippen molar-refractivity contribution in [3.63, 3.8) is 0 Å². The molecule has 4 aromatic rings. The summed E-state index contributed by atoms with van der Waals surface area (Å²) >= 11 is 1.22. The Kier molecular flexibility index (Phi) is 8.39. The number of carbonyl (C=O) groups excluding carboxylic acids is 1. The van der Waals surface area contributed by atoms with Gasteiger partial charge in [-0.25, -0.2) is 27.3 Å². The second kappa shape index (κ2) is 12.0. The predicted octanol–water partition coefficient (Wildman–Crippen LogP) is 4.42. The van der Waals surface area contributed by atoms with Crippen molar-refractivity contribution in [1.82, 2.24) is 14.6 Å². The fourth-order valence-corrected chi connectivity index (χ4v) is 6.98. The highest BCUT2D eigenvalue weighted by molar-refractivity contribution is 7.98. The Bertz CT molecular complexity index is 1730. The molecule has 0 saturated heterocycles. The van der Waals surface area contributed by atoms with Gasteiger partial charge in [-0.15, -0.1) is 0 Å². The summed E-state index contributed by atoms with van der Waals surface area (Å²) in [5.41, 5.74) is 4.92. The predicted molar refractivity (Wildman–Crippen MR) is 160 cm³/mol. The van der Waals surface area contributed by atoms with Gasteiger partial charge in [0.25, 0.3) is 0 Å². The number of sulfonamides is 1. The van der Waals surface area contributed by atoms with Crippen LogP contribution in [-0.4, -0.2) is 72.5 Å². The van der Waals surface area contributed by atoms with Crippen LogP contribution in [-0.2, 0) is 25.3 Å². The number of phenolic OH excluding ortho intramolecular Hbond substituents is 1. The number of amides is 1. The lowest BCUT2D eigenvalue weighted by Gasteiger charge is -2.17. The number of aromatic hydroxyl groups is 1. The summed E-state index contributed by atoms with van der Waals surface area (Å²) in [5.74, 6) is -1.24. The molecular formula is C30H29N3O7S2. The van der Waals surface area contributed by atoms with Gasteiger partial charge < -0.3 is 20.3 Å². The first-order chi connectivity index (χ1) is 20.1. The molecule has 0 spiro atoms. The highest BCUT2D eigenvalue weighted by Gasteiger charge is 2.30. The number of nitrogens with zero attached hydrogens (tertiary/aromatic N) is 2. The van der Waals surface area contributed by atoms with Crippen molar-refractivity contribution in [1.29, 1.82) is 0 Å². The number of hydrogen-bond donors (Lipinski definition) is 3. The van der Waals surface area contributed by atoms with E-state index in [4.69, 9.17) is 4.74 Å². The zero-order chi connectivity index (χ0) is 30.0. The van der Waals surface area contributed by atoms with E-state index in [9.17, 15) is 28.2 Å². The SMILES string of the molecule is CN(C)S(=O)(=O)c1ccc(O)c2nc(CSC[C@H](NC(=O)OCC3c4ccccc4-c4ccccc43)C(=O)O)ccc12. The fourth-order valence-electron chi connectivity index (χ4n) is 4.96. The number of fused-ring (bicyclic) bond motifs is 4. The first-order valence-corrected chi connectivity index (χ1v) is 15.6. The highest BCUT2D eigenvalue weighted by atomic mass is 32.2. The minimum atomic E-state index is -3.76. The van der Waals surface area contributed by atoms with Crippen molar-refractivity contribution in [2.75, 3.05) is 26.5 Å². The molecule has 0 fully saturated rings. The maximum Gasteiger partial charge on any atom is 0.407 e. The van der Waals surface area contributed by atoms with E-state index in [1.807, 2.05) is 48.5 Å². The van der Waals surface area contributed by atoms with Crippen LogP contribution in [0.1, 0.15) is 22.7 Å². The lowest BCUT2D eigenvalue weighted by molar-refractivity contribution is -0.138. The van der Waals surface area contributed by atoms with Crippen molar-refractivity contribution in [3.05, 3.63) is 89.6 Å². The summed E-state index contributed by atoms with van der Waals surface area (Å²) < 4.78 is 31.9. The number of aromatic nitrogens is 1. The van der Waals surface area contributed by atoms with Crippen molar-refractivity contribution in [2.24, 2.45) is 0 Å². The number of aliphatic carboxylic acids is 1. The molecule has 42 heavy (non-hydrogen) atoms. The molecule has 0 radical (unpaired) electrons. The molecule has 12 heteroatoms. The molecule has 1 amide bonds. The maximum absolute atomic E-state index is 12.7. The first kappa shape index (κ1) is 29.4. The lowest BCUT2D eigenvalue weighted by atomic mass is 9.98. The Morgan fingerprint density at radius 2 is 1.64 bits per heavy atom. The Balaban J connectivity index is 1.21. The van der Waals surface area contributed by atoms with Crippen LogP contribution >= 0.6 is 11.8 Å². The summed E-state index contributed by atoms with van der Waals surface area (Å²) in [4.78, 5) is 28.9. The molecule has 0 bridgehead atoms. The number of carbonyl (C=O) groups is 2. The van der Waals surface area contributed by atoms with Gasteiger partial charge in [-0.05, 0) is 46.5 Å². The third-order valence-electron chi connectivity index (χ3n) is 7.08. The molecule has 3 N–H and O–H groups in total. The average molecular weight is 608 g/mol. The van der Waals surface area contributed by atoms with E-state index < -0.39 is 28.1 Å². The van der Waals surface area contributed by atoms with Crippen LogP contribution in [0.4, 0.5) is 4.79 Å². The average Bonchev–Trinajstić information content (AvgIpc) is 3.29. The van der Waals surface area contributed by atoms with Gasteiger partial charge in [-0.2, -0.15) is 11.8 Å². The van der Waals surface area contributed by atoms with E-state index in [0.29, 0.717) is 5.69 Å². The number of ether oxygens (including phenoxy) is 1. The molecule has 0 aliphatic heterocycles. The molecule has 0 saturated carbocycles. The molecule has 0 unspecified atom stereocenters. The molecule has 1 atom stereocenters. The highest BCUT2D eigenvalue weighted by Crippen LogP contribution is 2.44. The Morgan fingerprint density at radius 3 is 2.26 bits per heavy atom. The standard InChI is InChI=1S/C30H29N3O7S2/c1-33(2)42(38,39)27-14-13-26(34)28-23(27)12-11-18(31-28)16-41-17-25(29(35)36)32-30(37)40-15-24-21-9-5-3-7-19(21)20-8-4-6-10-22(20)24/h3-14,24-25,34H,15-17H2,1-2H3,(H,32,37)(H,35,36)/t25-/m0/s1. The van der Waals surface area contributed by atoms with Crippen LogP contribution < -0.4 is 5.32 Å². The van der Waals surface area contributed by atoms with Gasteiger partial charge in [0.15, 0.2) is 0 Å². The van der Waals surface area contributed by atoms with Crippen molar-refractivity contribution in [2.45, 2.75) is 22.6 Å². The van der Waals surface area contributed by atoms with Crippen LogP contribution in [0.3, 0.4) is 0 Å². The Labute approximate surface area is 247 Å². The molecule has 1 aromatic heterocycles. The summed E-state index contributed by atoms with van der Waals surface area (Å²) in [7, 11) is -0.925. The Hall–Kier alpha value is -4.13. The van der Waals surface area contributed by atoms with Crippen molar-refractivity contribution >= 4 is 44.8 Å². The van der Waals surface area contributed by atoms with E-state index in [2.05, 4.69) is 10.3 Å². The van der Waals surface area contributed by atoms with Crippen LogP contribution in [0.15, 0.2) is 77.7 Å². The number of phenols is 1. The first-order valence-electron chi connectivity index (χ1n) is 13.0. The second-order valence-corrected chi connectivity index (χ2v) is 13.1. The monoisotopic (exact) mass is 607 g/mol. The number of rotatable bonds is 10. The smallest absolute Gasteiger partial charge is 0.407 e. The molecule has 1 heterocycles. The molecule has 5 rings (SSSR count). The number of benzene rings is 3. The maximum atomic E-state index is 12.7. The van der Waals surface area contributed by atoms with Gasteiger partial charge in [0.2, 0.25) is 10.0 Å². The number of carboxylic acids is 1. The van der Waals surface area contributed by atoms with E-state index >= 15 is 0 Å². The molecule has 218 valence electrons. The van der Waals surface area contributed by atoms with Gasteiger partial charge in [0.05, 0.1) is 10.6 Å². The van der Waals surface area contributed by atoms with E-state index in [1.54, 1.807) is 12.1 Å². The fraction of sp³-hybridized carbons (Fsp3) is 0.233. The topological polar surface area (TPSA) is 146 Å². The summed E-state index contributed by atoms with van der Waals surface area (Å²) in [6.45, 7) is 0.0649. The number of hydrogen-bond acceptors (Lipinski definition) is 8. The van der Waals surface area contributed by atoms with Crippen LogP contribution in [0.5, 0.6) is 5.75 Å². The van der Waals surface area contributed by atoms with Gasteiger partial charge in [-0.3, -0.25) is 0 Å². The van der Waals surface area contributed by atoms with Gasteiger partial charge >= 0.3 is 12.1 Å². The van der Waals surface area contributed by atoms with E-state index in [1.165, 1.54) is 38.0 Å². The summed E-state index contributed by atoms with van der Waals surface area (Å²) in [6.07, 6.45) is -0.826. The molecular weight excluding hydrogens is 578 g/mol. The normalized spacial score (nSPS) is 13.5. The molecule has 3 aromatic carbocycles. The van der Waals surface area contributed by atoms with Gasteiger partial charge in [0, 0.05) is 36.9 Å². The molecule has 10 nitrogen and oxygen atoms in total. The third kappa shape index (κ3) is 5.78. The largest absolute Gasteiger partial charge is 0.506 e. The van der Waals surface area contributed by atoms with Gasteiger partial charge in [-0.1, -0.05) is 48.5 Å². The number of carboxylic acid groups (broad SMARTS) is 1. The minimum Gasteiger partial charge on any atom is -0.506 e. The van der Waals surface area contributed by atoms with Crippen LogP contribution in [0.2, 0.25) is 0 Å². The summed E-state index contributed by atoms with van der Waals surface area (Å²) in [6, 6.07) is 20.4. The quantitative estimate of drug-likeness (QED) is 0.239. The van der Waals surface area contributed by atoms with Crippen LogP contribution in [0, 0.1) is 0 Å². The van der Waals surface area contributed by atoms with Crippen molar-refractivity contribution < 1.29 is 33.0 Å². The lowest BCUT2D eigenvalue weighted by Crippen LogP contribution is -2.43. The zero-order valence-corrected chi connectivity index (χ0v) is 24.5. The number of pyridine rings is 1. The summed E-state index contributed by atoms with van der Waals surface area (Å²) in [5, 5.41) is 22.7. The second-order valence-electron chi connectivity index (χ2n) is 9.94. The number of alkyl carbamates (subject to hydrolysis) is 1. The van der Waals surface area contributed by atoms with Gasteiger partial charge in [0.1, 0.15) is 23.9 Å². The zero-order valence-electron chi connectivity index (χ0n) is 22.9. The number of thioether (sulfide) groups is 1. The minimum absolute atomic E-state index is 0.0187.